The van der Waals surface area contributed by atoms with Crippen molar-refractivity contribution in [3.63, 3.8) is 0 Å². The van der Waals surface area contributed by atoms with Crippen molar-refractivity contribution >= 4 is 17.6 Å². The van der Waals surface area contributed by atoms with E-state index < -0.39 is 0 Å². The van der Waals surface area contributed by atoms with Crippen molar-refractivity contribution in [1.29, 1.82) is 0 Å². The molecule has 1 rings (SSSR count). The Morgan fingerprint density at radius 3 is 2.87 bits per heavy atom. The first-order valence-corrected chi connectivity index (χ1v) is 4.84. The van der Waals surface area contributed by atoms with Gasteiger partial charge in [-0.3, -0.25) is 9.69 Å². The fraction of sp³-hybridized carbons (Fsp3) is 0.556. The minimum atomic E-state index is -0.266. The van der Waals surface area contributed by atoms with E-state index in [2.05, 4.69) is 9.72 Å². The monoisotopic (exact) mass is 231 g/mol. The summed E-state index contributed by atoms with van der Waals surface area (Å²) in [6.45, 7) is 0.791. The zero-order valence-corrected chi connectivity index (χ0v) is 9.78. The summed E-state index contributed by atoms with van der Waals surface area (Å²) in [5.41, 5.74) is 0. The third kappa shape index (κ3) is 3.21. The lowest BCUT2D eigenvalue weighted by molar-refractivity contribution is -0.141. The molecule has 0 radical (unpaired) electrons. The number of esters is 1. The maximum atomic E-state index is 11.0. The predicted octanol–water partition coefficient (Wildman–Crippen LogP) is 0.678. The molecule has 6 heteroatoms. The van der Waals surface area contributed by atoms with Crippen molar-refractivity contribution in [1.82, 2.24) is 14.5 Å². The van der Waals surface area contributed by atoms with Gasteiger partial charge in [-0.15, -0.1) is 0 Å². The molecule has 0 bridgehead atoms. The maximum Gasteiger partial charge on any atom is 0.319 e. The number of ether oxygens (including phenoxy) is 1. The van der Waals surface area contributed by atoms with Crippen LogP contribution < -0.4 is 0 Å². The second-order valence-corrected chi connectivity index (χ2v) is 3.69. The second-order valence-electron chi connectivity index (χ2n) is 3.30. The maximum absolute atomic E-state index is 11.0. The molecule has 0 aliphatic rings. The van der Waals surface area contributed by atoms with E-state index in [0.29, 0.717) is 11.7 Å². The van der Waals surface area contributed by atoms with E-state index in [1.165, 1.54) is 7.11 Å². The van der Waals surface area contributed by atoms with Crippen LogP contribution >= 0.6 is 11.6 Å². The van der Waals surface area contributed by atoms with Gasteiger partial charge < -0.3 is 9.30 Å². The van der Waals surface area contributed by atoms with Crippen molar-refractivity contribution in [3.8, 4) is 0 Å². The molecule has 84 valence electrons. The predicted molar refractivity (Wildman–Crippen MR) is 56.6 cm³/mol. The van der Waals surface area contributed by atoms with Crippen LogP contribution in [-0.4, -0.2) is 41.1 Å². The Morgan fingerprint density at radius 1 is 1.73 bits per heavy atom. The normalized spacial score (nSPS) is 10.7. The number of halogens is 1. The van der Waals surface area contributed by atoms with Crippen LogP contribution in [0.25, 0.3) is 0 Å². The summed E-state index contributed by atoms with van der Waals surface area (Å²) >= 11 is 5.84. The van der Waals surface area contributed by atoms with E-state index in [9.17, 15) is 4.79 Å². The average molecular weight is 232 g/mol. The van der Waals surface area contributed by atoms with Crippen molar-refractivity contribution in [2.45, 2.75) is 6.54 Å². The highest BCUT2D eigenvalue weighted by Crippen LogP contribution is 2.10. The molecule has 5 nitrogen and oxygen atoms in total. The van der Waals surface area contributed by atoms with Gasteiger partial charge in [0.2, 0.25) is 0 Å². The fourth-order valence-corrected chi connectivity index (χ4v) is 1.30. The molecule has 0 fully saturated rings. The first-order chi connectivity index (χ1) is 7.04. The molecule has 1 heterocycles. The first kappa shape index (κ1) is 12.0. The highest BCUT2D eigenvalue weighted by Gasteiger charge is 2.10. The van der Waals surface area contributed by atoms with Gasteiger partial charge in [-0.2, -0.15) is 0 Å². The quantitative estimate of drug-likeness (QED) is 0.715. The molecule has 0 aliphatic heterocycles. The number of likely N-dealkylation sites (N-methyl/N-ethyl adjacent to an activating group) is 1. The molecule has 0 aromatic carbocycles. The molecule has 1 aromatic heterocycles. The van der Waals surface area contributed by atoms with E-state index in [-0.39, 0.29) is 12.5 Å². The SMILES string of the molecule is COC(=O)CN(C)Cc1ncc(Cl)n1C. The van der Waals surface area contributed by atoms with Crippen molar-refractivity contribution in [2.24, 2.45) is 7.05 Å². The molecule has 0 spiro atoms. The molecule has 0 saturated heterocycles. The second kappa shape index (κ2) is 5.14. The third-order valence-corrected chi connectivity index (χ3v) is 2.42. The number of hydrogen-bond acceptors (Lipinski definition) is 4. The topological polar surface area (TPSA) is 47.4 Å². The summed E-state index contributed by atoms with van der Waals surface area (Å²) in [5, 5.41) is 0.580. The lowest BCUT2D eigenvalue weighted by Gasteiger charge is -2.14. The Bertz CT molecular complexity index is 351. The first-order valence-electron chi connectivity index (χ1n) is 4.46. The van der Waals surface area contributed by atoms with Crippen LogP contribution in [0.1, 0.15) is 5.82 Å². The van der Waals surface area contributed by atoms with Gasteiger partial charge in [-0.25, -0.2) is 4.98 Å². The molecule has 0 amide bonds. The molecular formula is C9H14ClN3O2. The Hall–Kier alpha value is -1.07. The number of aromatic nitrogens is 2. The van der Waals surface area contributed by atoms with Crippen molar-refractivity contribution in [3.05, 3.63) is 17.2 Å². The van der Waals surface area contributed by atoms with E-state index in [1.54, 1.807) is 10.8 Å². The van der Waals surface area contributed by atoms with Crippen LogP contribution in [0.5, 0.6) is 0 Å². The Labute approximate surface area is 93.6 Å². The van der Waals surface area contributed by atoms with Gasteiger partial charge in [0.25, 0.3) is 0 Å². The van der Waals surface area contributed by atoms with E-state index in [0.717, 1.165) is 5.82 Å². The number of methoxy groups -OCH3 is 1. The number of nitrogens with zero attached hydrogens (tertiary/aromatic N) is 3. The number of rotatable bonds is 4. The van der Waals surface area contributed by atoms with E-state index in [1.807, 2.05) is 19.0 Å². The Kier molecular flexibility index (Phi) is 4.11. The summed E-state index contributed by atoms with van der Waals surface area (Å²) < 4.78 is 6.33. The van der Waals surface area contributed by atoms with Crippen molar-refractivity contribution in [2.75, 3.05) is 20.7 Å². The smallest absolute Gasteiger partial charge is 0.319 e. The van der Waals surface area contributed by atoms with Gasteiger partial charge in [0.05, 0.1) is 26.4 Å². The summed E-state index contributed by atoms with van der Waals surface area (Å²) in [5.74, 6) is 0.546. The summed E-state index contributed by atoms with van der Waals surface area (Å²) in [6, 6.07) is 0. The zero-order chi connectivity index (χ0) is 11.4. The van der Waals surface area contributed by atoms with Crippen LogP contribution in [0, 0.1) is 0 Å². The van der Waals surface area contributed by atoms with Crippen LogP contribution in [-0.2, 0) is 23.1 Å². The highest BCUT2D eigenvalue weighted by molar-refractivity contribution is 6.29. The largest absolute Gasteiger partial charge is 0.468 e. The lowest BCUT2D eigenvalue weighted by atomic mass is 10.5. The summed E-state index contributed by atoms with van der Waals surface area (Å²) in [7, 11) is 5.02. The molecule has 1 aromatic rings. The molecule has 0 saturated carbocycles. The van der Waals surface area contributed by atoms with Gasteiger partial charge in [0.1, 0.15) is 11.0 Å². The molecule has 0 unspecified atom stereocenters. The molecule has 0 N–H and O–H groups in total. The van der Waals surface area contributed by atoms with Crippen molar-refractivity contribution < 1.29 is 9.53 Å². The number of carbonyl (C=O) groups excluding carboxylic acids is 1. The van der Waals surface area contributed by atoms with E-state index in [4.69, 9.17) is 11.6 Å². The molecule has 0 atom stereocenters. The Balaban J connectivity index is 2.55. The standard InChI is InChI=1S/C9H14ClN3O2/c1-12(6-9(14)15-3)5-8-11-4-7(10)13(8)2/h4H,5-6H2,1-3H3. The number of imidazole rings is 1. The van der Waals surface area contributed by atoms with Crippen LogP contribution in [0.3, 0.4) is 0 Å². The highest BCUT2D eigenvalue weighted by atomic mass is 35.5. The van der Waals surface area contributed by atoms with Gasteiger partial charge in [-0.1, -0.05) is 11.6 Å². The zero-order valence-electron chi connectivity index (χ0n) is 9.03. The van der Waals surface area contributed by atoms with Gasteiger partial charge in [-0.05, 0) is 7.05 Å². The third-order valence-electron chi connectivity index (χ3n) is 2.07. The van der Waals surface area contributed by atoms with Crippen LogP contribution in [0.2, 0.25) is 5.15 Å². The minimum absolute atomic E-state index is 0.237. The number of carbonyl (C=O) groups is 1. The molecular weight excluding hydrogens is 218 g/mol. The molecule has 0 aliphatic carbocycles. The van der Waals surface area contributed by atoms with E-state index >= 15 is 0 Å². The van der Waals surface area contributed by atoms with Gasteiger partial charge in [0.15, 0.2) is 0 Å². The van der Waals surface area contributed by atoms with Crippen LogP contribution in [0.4, 0.5) is 0 Å². The van der Waals surface area contributed by atoms with Crippen LogP contribution in [0.15, 0.2) is 6.20 Å². The average Bonchev–Trinajstić information content (AvgIpc) is 2.49. The summed E-state index contributed by atoms with van der Waals surface area (Å²) in [4.78, 5) is 16.9. The minimum Gasteiger partial charge on any atom is -0.468 e. The van der Waals surface area contributed by atoms with Gasteiger partial charge >= 0.3 is 5.97 Å². The number of hydrogen-bond donors (Lipinski definition) is 0. The Morgan fingerprint density at radius 2 is 2.40 bits per heavy atom. The summed E-state index contributed by atoms with van der Waals surface area (Å²) in [6.07, 6.45) is 1.59. The van der Waals surface area contributed by atoms with Gasteiger partial charge in [0, 0.05) is 7.05 Å². The fourth-order valence-electron chi connectivity index (χ4n) is 1.15. The molecule has 15 heavy (non-hydrogen) atoms. The lowest BCUT2D eigenvalue weighted by Crippen LogP contribution is -2.27.